The van der Waals surface area contributed by atoms with E-state index < -0.39 is 0 Å². The smallest absolute Gasteiger partial charge is 0.254 e. The molecule has 0 aliphatic carbocycles. The number of pyridine rings is 1. The third-order valence-corrected chi connectivity index (χ3v) is 5.82. The van der Waals surface area contributed by atoms with E-state index in [1.165, 1.54) is 0 Å². The minimum atomic E-state index is -0.0557. The Morgan fingerprint density at radius 1 is 1.13 bits per heavy atom. The molecule has 0 spiro atoms. The first-order chi connectivity index (χ1) is 14.7. The Morgan fingerprint density at radius 3 is 2.70 bits per heavy atom. The summed E-state index contributed by atoms with van der Waals surface area (Å²) in [7, 11) is 0. The maximum atomic E-state index is 13.2. The molecule has 1 amide bonds. The summed E-state index contributed by atoms with van der Waals surface area (Å²) in [4.78, 5) is 17.4. The molecule has 3 aromatic rings. The molecule has 7 nitrogen and oxygen atoms in total. The molecule has 0 N–H and O–H groups in total. The number of rotatable bonds is 8. The van der Waals surface area contributed by atoms with Gasteiger partial charge in [0, 0.05) is 24.8 Å². The molecule has 1 aromatic carbocycles. The van der Waals surface area contributed by atoms with Gasteiger partial charge in [-0.2, -0.15) is 0 Å². The highest BCUT2D eigenvalue weighted by atomic mass is 16.5. The van der Waals surface area contributed by atoms with Crippen molar-refractivity contribution in [2.75, 3.05) is 32.8 Å². The molecule has 1 aliphatic rings. The third kappa shape index (κ3) is 4.16. The summed E-state index contributed by atoms with van der Waals surface area (Å²) in [5, 5.41) is 8.62. The molecule has 1 saturated heterocycles. The van der Waals surface area contributed by atoms with Gasteiger partial charge in [0.25, 0.3) is 5.91 Å². The van der Waals surface area contributed by atoms with E-state index in [9.17, 15) is 4.79 Å². The largest absolute Gasteiger partial charge is 0.492 e. The maximum Gasteiger partial charge on any atom is 0.254 e. The summed E-state index contributed by atoms with van der Waals surface area (Å²) in [6.07, 6.45) is 3.81. The van der Waals surface area contributed by atoms with Gasteiger partial charge in [-0.1, -0.05) is 19.9 Å². The zero-order chi connectivity index (χ0) is 20.9. The van der Waals surface area contributed by atoms with Crippen molar-refractivity contribution in [2.24, 2.45) is 0 Å². The van der Waals surface area contributed by atoms with E-state index in [1.807, 2.05) is 58.0 Å². The highest BCUT2D eigenvalue weighted by Crippen LogP contribution is 2.32. The molecule has 2 aromatic heterocycles. The Morgan fingerprint density at radius 2 is 1.93 bits per heavy atom. The van der Waals surface area contributed by atoms with Crippen molar-refractivity contribution < 1.29 is 9.53 Å². The zero-order valence-electron chi connectivity index (χ0n) is 17.7. The van der Waals surface area contributed by atoms with Gasteiger partial charge in [0.05, 0.1) is 6.04 Å². The second-order valence-electron chi connectivity index (χ2n) is 7.54. The fourth-order valence-electron chi connectivity index (χ4n) is 4.06. The molecule has 0 saturated carbocycles. The first-order valence-corrected chi connectivity index (χ1v) is 10.8. The molecule has 0 bridgehead atoms. The van der Waals surface area contributed by atoms with Crippen LogP contribution in [0.25, 0.3) is 5.65 Å². The Hall–Kier alpha value is -2.93. The number of benzene rings is 1. The van der Waals surface area contributed by atoms with Crippen molar-refractivity contribution in [1.82, 2.24) is 24.4 Å². The molecule has 7 heteroatoms. The minimum Gasteiger partial charge on any atom is -0.492 e. The number of ether oxygens (including phenoxy) is 1. The molecule has 1 aliphatic heterocycles. The molecule has 0 radical (unpaired) electrons. The molecule has 4 rings (SSSR count). The van der Waals surface area contributed by atoms with Crippen LogP contribution in [-0.2, 0) is 0 Å². The third-order valence-electron chi connectivity index (χ3n) is 5.82. The second kappa shape index (κ2) is 9.26. The van der Waals surface area contributed by atoms with Crippen molar-refractivity contribution in [2.45, 2.75) is 32.7 Å². The Balaban J connectivity index is 1.43. The normalized spacial score (nSPS) is 16.5. The average Bonchev–Trinajstić information content (AvgIpc) is 3.43. The van der Waals surface area contributed by atoms with E-state index in [0.717, 1.165) is 56.2 Å². The lowest BCUT2D eigenvalue weighted by molar-refractivity contribution is 0.0729. The van der Waals surface area contributed by atoms with Gasteiger partial charge in [0.2, 0.25) is 0 Å². The summed E-state index contributed by atoms with van der Waals surface area (Å²) in [5.74, 6) is 1.65. The number of likely N-dealkylation sites (N-methyl/N-ethyl adjacent to an activating group) is 1. The number of fused-ring (bicyclic) bond motifs is 1. The van der Waals surface area contributed by atoms with Crippen molar-refractivity contribution in [3.8, 4) is 5.75 Å². The first kappa shape index (κ1) is 20.3. The summed E-state index contributed by atoms with van der Waals surface area (Å²) in [6, 6.07) is 13.2. The van der Waals surface area contributed by atoms with Crippen LogP contribution in [0.3, 0.4) is 0 Å². The van der Waals surface area contributed by atoms with Crippen molar-refractivity contribution >= 4 is 11.6 Å². The van der Waals surface area contributed by atoms with Gasteiger partial charge in [0.15, 0.2) is 11.5 Å². The van der Waals surface area contributed by atoms with Crippen LogP contribution < -0.4 is 4.74 Å². The molecular formula is C23H29N5O2. The van der Waals surface area contributed by atoms with Gasteiger partial charge < -0.3 is 14.5 Å². The van der Waals surface area contributed by atoms with E-state index in [4.69, 9.17) is 4.74 Å². The molecule has 30 heavy (non-hydrogen) atoms. The summed E-state index contributed by atoms with van der Waals surface area (Å²) in [6.45, 7) is 8.61. The predicted molar refractivity (Wildman–Crippen MR) is 116 cm³/mol. The topological polar surface area (TPSA) is 63.0 Å². The van der Waals surface area contributed by atoms with Gasteiger partial charge in [-0.25, -0.2) is 0 Å². The SMILES string of the molecule is CCN(CC)CCOc1ccc(C(=O)N2CCC[C@H]2c2nnc3ccccn23)cc1. The minimum absolute atomic E-state index is 0.0277. The van der Waals surface area contributed by atoms with Crippen molar-refractivity contribution in [1.29, 1.82) is 0 Å². The van der Waals surface area contributed by atoms with Crippen LogP contribution in [0.15, 0.2) is 48.7 Å². The highest BCUT2D eigenvalue weighted by Gasteiger charge is 2.33. The lowest BCUT2D eigenvalue weighted by Crippen LogP contribution is -2.31. The Kier molecular flexibility index (Phi) is 6.28. The number of aromatic nitrogens is 3. The lowest BCUT2D eigenvalue weighted by Gasteiger charge is -2.23. The number of likely N-dealkylation sites (tertiary alicyclic amines) is 1. The average molecular weight is 408 g/mol. The maximum absolute atomic E-state index is 13.2. The van der Waals surface area contributed by atoms with Crippen LogP contribution in [0.1, 0.15) is 48.9 Å². The van der Waals surface area contributed by atoms with E-state index in [2.05, 4.69) is 28.9 Å². The highest BCUT2D eigenvalue weighted by molar-refractivity contribution is 5.94. The van der Waals surface area contributed by atoms with E-state index in [-0.39, 0.29) is 11.9 Å². The van der Waals surface area contributed by atoms with E-state index in [0.29, 0.717) is 12.2 Å². The molecule has 1 atom stereocenters. The quantitative estimate of drug-likeness (QED) is 0.573. The van der Waals surface area contributed by atoms with E-state index >= 15 is 0 Å². The Bertz CT molecular complexity index is 981. The second-order valence-corrected chi connectivity index (χ2v) is 7.54. The monoisotopic (exact) mass is 407 g/mol. The molecular weight excluding hydrogens is 378 g/mol. The lowest BCUT2D eigenvalue weighted by atomic mass is 10.1. The van der Waals surface area contributed by atoms with E-state index in [1.54, 1.807) is 0 Å². The fraction of sp³-hybridized carbons (Fsp3) is 0.435. The van der Waals surface area contributed by atoms with Gasteiger partial charge >= 0.3 is 0 Å². The van der Waals surface area contributed by atoms with Crippen molar-refractivity contribution in [3.63, 3.8) is 0 Å². The van der Waals surface area contributed by atoms with Crippen LogP contribution in [0.5, 0.6) is 5.75 Å². The van der Waals surface area contributed by atoms with Crippen LogP contribution in [0, 0.1) is 0 Å². The number of hydrogen-bond donors (Lipinski definition) is 0. The number of hydrogen-bond acceptors (Lipinski definition) is 5. The fourth-order valence-corrected chi connectivity index (χ4v) is 4.06. The molecule has 158 valence electrons. The van der Waals surface area contributed by atoms with Gasteiger partial charge in [-0.15, -0.1) is 10.2 Å². The zero-order valence-corrected chi connectivity index (χ0v) is 17.7. The summed E-state index contributed by atoms with van der Waals surface area (Å²) in [5.41, 5.74) is 1.48. The standard InChI is InChI=1S/C23H29N5O2/c1-3-26(4-2)16-17-30-19-12-10-18(11-13-19)23(29)27-15-7-8-20(27)22-25-24-21-9-5-6-14-28(21)22/h5-6,9-14,20H,3-4,7-8,15-17H2,1-2H3/t20-/m0/s1. The number of nitrogens with zero attached hydrogens (tertiary/aromatic N) is 5. The van der Waals surface area contributed by atoms with Gasteiger partial charge in [-0.3, -0.25) is 9.20 Å². The van der Waals surface area contributed by atoms with Crippen LogP contribution >= 0.6 is 0 Å². The van der Waals surface area contributed by atoms with Gasteiger partial charge in [-0.05, 0) is 62.3 Å². The first-order valence-electron chi connectivity index (χ1n) is 10.8. The number of carbonyl (C=O) groups is 1. The van der Waals surface area contributed by atoms with Crippen LogP contribution in [0.2, 0.25) is 0 Å². The van der Waals surface area contributed by atoms with Crippen LogP contribution in [0.4, 0.5) is 0 Å². The van der Waals surface area contributed by atoms with Gasteiger partial charge in [0.1, 0.15) is 12.4 Å². The summed E-state index contributed by atoms with van der Waals surface area (Å²) < 4.78 is 7.82. The van der Waals surface area contributed by atoms with Crippen LogP contribution in [-0.4, -0.2) is 63.1 Å². The Labute approximate surface area is 177 Å². The number of carbonyl (C=O) groups excluding carboxylic acids is 1. The molecule has 3 heterocycles. The van der Waals surface area contributed by atoms with Crippen molar-refractivity contribution in [3.05, 3.63) is 60.0 Å². The predicted octanol–water partition coefficient (Wildman–Crippen LogP) is 3.43. The molecule has 1 fully saturated rings. The number of amides is 1. The molecule has 0 unspecified atom stereocenters. The summed E-state index contributed by atoms with van der Waals surface area (Å²) >= 11 is 0.